The molecule has 3 aromatic heterocycles. The first kappa shape index (κ1) is 18.1. The van der Waals surface area contributed by atoms with Crippen LogP contribution in [0.25, 0.3) is 33.4 Å². The molecule has 5 rings (SSSR count). The van der Waals surface area contributed by atoms with Crippen LogP contribution in [0.3, 0.4) is 0 Å². The Balaban J connectivity index is 1.51. The van der Waals surface area contributed by atoms with Gasteiger partial charge in [0.25, 0.3) is 5.91 Å². The molecule has 1 N–H and O–H groups in total. The molecule has 5 nitrogen and oxygen atoms in total. The summed E-state index contributed by atoms with van der Waals surface area (Å²) in [5.74, 6) is -0.210. The number of para-hydroxylation sites is 1. The number of carbonyl (C=O) groups excluding carboxylic acids is 1. The highest BCUT2D eigenvalue weighted by atomic mass is 32.1. The van der Waals surface area contributed by atoms with Crippen LogP contribution >= 0.6 is 11.3 Å². The molecule has 2 aromatic carbocycles. The number of hydrogen-bond donors (Lipinski definition) is 1. The molecule has 0 unspecified atom stereocenters. The van der Waals surface area contributed by atoms with Crippen molar-refractivity contribution in [1.29, 1.82) is 0 Å². The minimum absolute atomic E-state index is 0.210. The molecule has 0 aliphatic heterocycles. The van der Waals surface area contributed by atoms with Crippen molar-refractivity contribution in [2.24, 2.45) is 0 Å². The van der Waals surface area contributed by atoms with E-state index in [-0.39, 0.29) is 5.91 Å². The molecule has 0 bridgehead atoms. The Hall–Kier alpha value is -3.90. The van der Waals surface area contributed by atoms with Gasteiger partial charge in [-0.05, 0) is 24.3 Å². The maximum absolute atomic E-state index is 13.2. The number of rotatable bonds is 4. The summed E-state index contributed by atoms with van der Waals surface area (Å²) in [5, 5.41) is 6.20. The predicted octanol–water partition coefficient (Wildman–Crippen LogP) is 5.67. The zero-order valence-corrected chi connectivity index (χ0v) is 16.6. The average Bonchev–Trinajstić information content (AvgIpc) is 3.28. The smallest absolute Gasteiger partial charge is 0.258 e. The van der Waals surface area contributed by atoms with Gasteiger partial charge in [-0.15, -0.1) is 11.3 Å². The number of benzene rings is 2. The molecule has 5 aromatic rings. The van der Waals surface area contributed by atoms with Crippen LogP contribution in [-0.2, 0) is 0 Å². The van der Waals surface area contributed by atoms with Gasteiger partial charge in [0.15, 0.2) is 5.13 Å². The average molecular weight is 408 g/mol. The number of aromatic nitrogens is 3. The first-order chi connectivity index (χ1) is 14.8. The van der Waals surface area contributed by atoms with Gasteiger partial charge >= 0.3 is 0 Å². The van der Waals surface area contributed by atoms with Crippen LogP contribution < -0.4 is 5.32 Å². The van der Waals surface area contributed by atoms with E-state index in [1.54, 1.807) is 12.4 Å². The van der Waals surface area contributed by atoms with Gasteiger partial charge in [0, 0.05) is 34.3 Å². The Labute approximate surface area is 177 Å². The Morgan fingerprint density at radius 1 is 0.833 bits per heavy atom. The number of nitrogens with one attached hydrogen (secondary N) is 1. The minimum Gasteiger partial charge on any atom is -0.298 e. The molecule has 0 aliphatic rings. The highest BCUT2D eigenvalue weighted by molar-refractivity contribution is 7.14. The van der Waals surface area contributed by atoms with Gasteiger partial charge in [0.05, 0.1) is 22.5 Å². The number of thiazole rings is 1. The van der Waals surface area contributed by atoms with Gasteiger partial charge in [0.2, 0.25) is 0 Å². The van der Waals surface area contributed by atoms with E-state index in [1.807, 2.05) is 78.2 Å². The van der Waals surface area contributed by atoms with Crippen LogP contribution in [-0.4, -0.2) is 20.9 Å². The lowest BCUT2D eigenvalue weighted by molar-refractivity contribution is 0.102. The van der Waals surface area contributed by atoms with Crippen molar-refractivity contribution >= 4 is 33.3 Å². The van der Waals surface area contributed by atoms with E-state index >= 15 is 0 Å². The fourth-order valence-corrected chi connectivity index (χ4v) is 3.98. The molecule has 0 saturated carbocycles. The molecule has 0 saturated heterocycles. The van der Waals surface area contributed by atoms with Crippen molar-refractivity contribution in [2.45, 2.75) is 0 Å². The number of anilines is 1. The van der Waals surface area contributed by atoms with E-state index in [9.17, 15) is 4.79 Å². The zero-order chi connectivity index (χ0) is 20.3. The van der Waals surface area contributed by atoms with Crippen molar-refractivity contribution in [1.82, 2.24) is 15.0 Å². The molecule has 30 heavy (non-hydrogen) atoms. The van der Waals surface area contributed by atoms with E-state index in [4.69, 9.17) is 4.98 Å². The summed E-state index contributed by atoms with van der Waals surface area (Å²) < 4.78 is 0. The summed E-state index contributed by atoms with van der Waals surface area (Å²) in [6.45, 7) is 0. The third kappa shape index (κ3) is 3.56. The predicted molar refractivity (Wildman–Crippen MR) is 120 cm³/mol. The van der Waals surface area contributed by atoms with Crippen molar-refractivity contribution < 1.29 is 4.79 Å². The summed E-state index contributed by atoms with van der Waals surface area (Å²) in [4.78, 5) is 26.6. The third-order valence-corrected chi connectivity index (χ3v) is 5.47. The largest absolute Gasteiger partial charge is 0.298 e. The lowest BCUT2D eigenvalue weighted by Gasteiger charge is -2.09. The zero-order valence-electron chi connectivity index (χ0n) is 15.8. The first-order valence-corrected chi connectivity index (χ1v) is 10.3. The topological polar surface area (TPSA) is 67.8 Å². The molecule has 0 atom stereocenters. The Morgan fingerprint density at radius 3 is 2.47 bits per heavy atom. The Morgan fingerprint density at radius 2 is 1.63 bits per heavy atom. The minimum atomic E-state index is -0.210. The summed E-state index contributed by atoms with van der Waals surface area (Å²) in [6, 6.07) is 23.2. The number of hydrogen-bond acceptors (Lipinski definition) is 5. The number of carbonyl (C=O) groups is 1. The van der Waals surface area contributed by atoms with Crippen LogP contribution in [0.1, 0.15) is 10.4 Å². The number of nitrogens with zero attached hydrogens (tertiary/aromatic N) is 3. The van der Waals surface area contributed by atoms with E-state index in [1.165, 1.54) is 11.3 Å². The summed E-state index contributed by atoms with van der Waals surface area (Å²) in [5.41, 5.74) is 4.76. The highest BCUT2D eigenvalue weighted by Crippen LogP contribution is 2.27. The molecule has 144 valence electrons. The fraction of sp³-hybridized carbons (Fsp3) is 0. The third-order valence-electron chi connectivity index (χ3n) is 4.71. The number of pyridine rings is 2. The lowest BCUT2D eigenvalue weighted by Crippen LogP contribution is -2.13. The van der Waals surface area contributed by atoms with E-state index in [2.05, 4.69) is 15.3 Å². The maximum atomic E-state index is 13.2. The summed E-state index contributed by atoms with van der Waals surface area (Å²) in [6.07, 6.45) is 3.47. The highest BCUT2D eigenvalue weighted by Gasteiger charge is 2.16. The molecule has 0 fully saturated rings. The van der Waals surface area contributed by atoms with Gasteiger partial charge in [-0.3, -0.25) is 15.1 Å². The SMILES string of the molecule is O=C(Nc1nc(-c2cccnc2)cs1)c1cc(-c2ccccc2)nc2ccccc12. The van der Waals surface area contributed by atoms with E-state index < -0.39 is 0 Å². The molecule has 0 radical (unpaired) electrons. The Kier molecular flexibility index (Phi) is 4.75. The van der Waals surface area contributed by atoms with E-state index in [0.717, 1.165) is 33.4 Å². The van der Waals surface area contributed by atoms with E-state index in [0.29, 0.717) is 10.7 Å². The van der Waals surface area contributed by atoms with Gasteiger partial charge in [-0.25, -0.2) is 9.97 Å². The Bertz CT molecular complexity index is 1330. The van der Waals surface area contributed by atoms with Gasteiger partial charge in [0.1, 0.15) is 0 Å². The molecule has 6 heteroatoms. The molecule has 0 spiro atoms. The number of fused-ring (bicyclic) bond motifs is 1. The monoisotopic (exact) mass is 408 g/mol. The maximum Gasteiger partial charge on any atom is 0.258 e. The summed E-state index contributed by atoms with van der Waals surface area (Å²) in [7, 11) is 0. The summed E-state index contributed by atoms with van der Waals surface area (Å²) >= 11 is 1.39. The van der Waals surface area contributed by atoms with Crippen LogP contribution in [0.15, 0.2) is 90.6 Å². The molecular formula is C24H16N4OS. The first-order valence-electron chi connectivity index (χ1n) is 9.40. The number of amides is 1. The molecule has 3 heterocycles. The molecular weight excluding hydrogens is 392 g/mol. The normalized spacial score (nSPS) is 10.8. The van der Waals surface area contributed by atoms with Crippen molar-refractivity contribution in [3.63, 3.8) is 0 Å². The lowest BCUT2D eigenvalue weighted by atomic mass is 10.0. The van der Waals surface area contributed by atoms with Crippen LogP contribution in [0.5, 0.6) is 0 Å². The second-order valence-electron chi connectivity index (χ2n) is 6.67. The van der Waals surface area contributed by atoms with Crippen LogP contribution in [0, 0.1) is 0 Å². The molecule has 1 amide bonds. The van der Waals surface area contributed by atoms with Gasteiger partial charge < -0.3 is 0 Å². The van der Waals surface area contributed by atoms with Gasteiger partial charge in [-0.1, -0.05) is 48.5 Å². The van der Waals surface area contributed by atoms with Crippen molar-refractivity contribution in [2.75, 3.05) is 5.32 Å². The van der Waals surface area contributed by atoms with Crippen LogP contribution in [0.4, 0.5) is 5.13 Å². The van der Waals surface area contributed by atoms with Gasteiger partial charge in [-0.2, -0.15) is 0 Å². The second-order valence-corrected chi connectivity index (χ2v) is 7.53. The molecule has 0 aliphatic carbocycles. The standard InChI is InChI=1S/C24H16N4OS/c29-23(28-24-27-22(15-30-24)17-9-6-12-25-14-17)19-13-21(16-7-2-1-3-8-16)26-20-11-5-4-10-18(19)20/h1-15H,(H,27,28,29). The quantitative estimate of drug-likeness (QED) is 0.416. The van der Waals surface area contributed by atoms with Crippen LogP contribution in [0.2, 0.25) is 0 Å². The fourth-order valence-electron chi connectivity index (χ4n) is 3.26. The van der Waals surface area contributed by atoms with Crippen molar-refractivity contribution in [3.8, 4) is 22.5 Å². The van der Waals surface area contributed by atoms with Crippen molar-refractivity contribution in [3.05, 3.63) is 96.1 Å². The second kappa shape index (κ2) is 7.85.